The van der Waals surface area contributed by atoms with Crippen molar-refractivity contribution in [1.82, 2.24) is 4.98 Å². The standard InChI is InChI=1S/C30H21N/c1-2-6-21(7-3-1)22-10-12-23(13-11-22)24-14-16-25(17-15-24)26-18-19-28-27-8-4-5-9-29(27)31-30(28)20-26/h1-20,31H. The highest BCUT2D eigenvalue weighted by molar-refractivity contribution is 6.08. The average Bonchev–Trinajstić information content (AvgIpc) is 3.23. The molecule has 0 saturated heterocycles. The molecule has 0 unspecified atom stereocenters. The van der Waals surface area contributed by atoms with Crippen LogP contribution in [-0.2, 0) is 0 Å². The Hall–Kier alpha value is -4.10. The number of aromatic nitrogens is 1. The topological polar surface area (TPSA) is 15.8 Å². The maximum absolute atomic E-state index is 3.54. The molecule has 1 heterocycles. The van der Waals surface area contributed by atoms with Gasteiger partial charge in [-0.3, -0.25) is 0 Å². The van der Waals surface area contributed by atoms with Gasteiger partial charge < -0.3 is 4.98 Å². The molecule has 0 aliphatic rings. The Morgan fingerprint density at radius 1 is 0.323 bits per heavy atom. The van der Waals surface area contributed by atoms with E-state index in [1.54, 1.807) is 0 Å². The first-order valence-corrected chi connectivity index (χ1v) is 10.6. The highest BCUT2D eigenvalue weighted by Crippen LogP contribution is 2.31. The molecular weight excluding hydrogens is 374 g/mol. The second-order valence-corrected chi connectivity index (χ2v) is 7.95. The van der Waals surface area contributed by atoms with Crippen LogP contribution in [-0.4, -0.2) is 4.98 Å². The molecule has 1 heteroatoms. The SMILES string of the molecule is c1ccc(-c2ccc(-c3ccc(-c4ccc5c(c4)[nH]c4ccccc45)cc3)cc2)cc1. The van der Waals surface area contributed by atoms with Gasteiger partial charge in [0.1, 0.15) is 0 Å². The van der Waals surface area contributed by atoms with E-state index in [9.17, 15) is 0 Å². The van der Waals surface area contributed by atoms with E-state index >= 15 is 0 Å². The van der Waals surface area contributed by atoms with E-state index in [4.69, 9.17) is 0 Å². The molecule has 1 nitrogen and oxygen atoms in total. The molecule has 1 aromatic heterocycles. The molecule has 6 aromatic rings. The maximum atomic E-state index is 3.54. The van der Waals surface area contributed by atoms with Crippen LogP contribution in [0.2, 0.25) is 0 Å². The zero-order chi connectivity index (χ0) is 20.6. The lowest BCUT2D eigenvalue weighted by atomic mass is 9.97. The van der Waals surface area contributed by atoms with Gasteiger partial charge >= 0.3 is 0 Å². The second-order valence-electron chi connectivity index (χ2n) is 7.95. The Morgan fingerprint density at radius 2 is 0.774 bits per heavy atom. The minimum absolute atomic E-state index is 1.18. The van der Waals surface area contributed by atoms with Crippen LogP contribution in [0.4, 0.5) is 0 Å². The summed E-state index contributed by atoms with van der Waals surface area (Å²) < 4.78 is 0. The summed E-state index contributed by atoms with van der Waals surface area (Å²) >= 11 is 0. The molecule has 0 saturated carbocycles. The quantitative estimate of drug-likeness (QED) is 0.310. The van der Waals surface area contributed by atoms with E-state index < -0.39 is 0 Å². The number of benzene rings is 5. The highest BCUT2D eigenvalue weighted by Gasteiger charge is 2.06. The lowest BCUT2D eigenvalue weighted by molar-refractivity contribution is 1.54. The van der Waals surface area contributed by atoms with Crippen LogP contribution >= 0.6 is 0 Å². The molecule has 0 aliphatic carbocycles. The summed E-state index contributed by atoms with van der Waals surface area (Å²) in [5.41, 5.74) is 9.77. The Labute approximate surface area is 181 Å². The number of H-pyrrole nitrogens is 1. The molecule has 1 N–H and O–H groups in total. The van der Waals surface area contributed by atoms with Crippen molar-refractivity contribution >= 4 is 21.8 Å². The van der Waals surface area contributed by atoms with Crippen LogP contribution < -0.4 is 0 Å². The average molecular weight is 396 g/mol. The van der Waals surface area contributed by atoms with Crippen molar-refractivity contribution in [2.24, 2.45) is 0 Å². The van der Waals surface area contributed by atoms with E-state index in [0.717, 1.165) is 0 Å². The lowest BCUT2D eigenvalue weighted by Gasteiger charge is -2.07. The number of aromatic amines is 1. The smallest absolute Gasteiger partial charge is 0.0471 e. The molecule has 6 rings (SSSR count). The number of hydrogen-bond donors (Lipinski definition) is 1. The van der Waals surface area contributed by atoms with Crippen LogP contribution in [0.15, 0.2) is 121 Å². The maximum Gasteiger partial charge on any atom is 0.0471 e. The summed E-state index contributed by atoms with van der Waals surface area (Å²) in [6.07, 6.45) is 0. The summed E-state index contributed by atoms with van der Waals surface area (Å²) in [5, 5.41) is 2.55. The zero-order valence-corrected chi connectivity index (χ0v) is 17.0. The van der Waals surface area contributed by atoms with Gasteiger partial charge in [-0.25, -0.2) is 0 Å². The normalized spacial score (nSPS) is 11.2. The van der Waals surface area contributed by atoms with Gasteiger partial charge in [-0.15, -0.1) is 0 Å². The van der Waals surface area contributed by atoms with E-state index in [2.05, 4.69) is 126 Å². The third kappa shape index (κ3) is 3.21. The van der Waals surface area contributed by atoms with E-state index in [-0.39, 0.29) is 0 Å². The minimum Gasteiger partial charge on any atom is -0.354 e. The molecule has 0 atom stereocenters. The number of fused-ring (bicyclic) bond motifs is 3. The third-order valence-corrected chi connectivity index (χ3v) is 6.05. The molecule has 31 heavy (non-hydrogen) atoms. The molecule has 0 fully saturated rings. The molecule has 0 amide bonds. The molecule has 0 spiro atoms. The van der Waals surface area contributed by atoms with Gasteiger partial charge in [-0.2, -0.15) is 0 Å². The van der Waals surface area contributed by atoms with Crippen molar-refractivity contribution in [3.05, 3.63) is 121 Å². The van der Waals surface area contributed by atoms with Gasteiger partial charge in [-0.1, -0.05) is 109 Å². The van der Waals surface area contributed by atoms with Gasteiger partial charge in [0.25, 0.3) is 0 Å². The van der Waals surface area contributed by atoms with Crippen LogP contribution in [0.1, 0.15) is 0 Å². The van der Waals surface area contributed by atoms with Gasteiger partial charge in [0.15, 0.2) is 0 Å². The Bertz CT molecular complexity index is 1490. The fraction of sp³-hybridized carbons (Fsp3) is 0. The van der Waals surface area contributed by atoms with Crippen molar-refractivity contribution in [1.29, 1.82) is 0 Å². The fourth-order valence-corrected chi connectivity index (χ4v) is 4.38. The van der Waals surface area contributed by atoms with Crippen LogP contribution in [0.25, 0.3) is 55.2 Å². The Morgan fingerprint density at radius 3 is 1.42 bits per heavy atom. The molecule has 146 valence electrons. The summed E-state index contributed by atoms with van der Waals surface area (Å²) in [4.78, 5) is 3.54. The summed E-state index contributed by atoms with van der Waals surface area (Å²) in [7, 11) is 0. The number of hydrogen-bond acceptors (Lipinski definition) is 0. The second kappa shape index (κ2) is 7.30. The van der Waals surface area contributed by atoms with Gasteiger partial charge in [0.2, 0.25) is 0 Å². The van der Waals surface area contributed by atoms with Crippen molar-refractivity contribution in [2.75, 3.05) is 0 Å². The Kier molecular flexibility index (Phi) is 4.18. The monoisotopic (exact) mass is 395 g/mol. The van der Waals surface area contributed by atoms with E-state index in [0.29, 0.717) is 0 Å². The number of para-hydroxylation sites is 1. The third-order valence-electron chi connectivity index (χ3n) is 6.05. The van der Waals surface area contributed by atoms with E-state index in [1.807, 2.05) is 0 Å². The molecule has 0 radical (unpaired) electrons. The van der Waals surface area contributed by atoms with Crippen molar-refractivity contribution < 1.29 is 0 Å². The predicted molar refractivity (Wildman–Crippen MR) is 132 cm³/mol. The largest absolute Gasteiger partial charge is 0.354 e. The van der Waals surface area contributed by atoms with Crippen LogP contribution in [0.5, 0.6) is 0 Å². The van der Waals surface area contributed by atoms with Gasteiger partial charge in [-0.05, 0) is 45.5 Å². The van der Waals surface area contributed by atoms with E-state index in [1.165, 1.54) is 55.2 Å². The number of nitrogens with one attached hydrogen (secondary N) is 1. The zero-order valence-electron chi connectivity index (χ0n) is 17.0. The first-order chi connectivity index (χ1) is 15.3. The summed E-state index contributed by atoms with van der Waals surface area (Å²) in [6, 6.07) is 43.3. The summed E-state index contributed by atoms with van der Waals surface area (Å²) in [5.74, 6) is 0. The first kappa shape index (κ1) is 17.7. The molecular formula is C30H21N. The highest BCUT2D eigenvalue weighted by atomic mass is 14.7. The summed E-state index contributed by atoms with van der Waals surface area (Å²) in [6.45, 7) is 0. The fourth-order valence-electron chi connectivity index (χ4n) is 4.38. The minimum atomic E-state index is 1.18. The predicted octanol–water partition coefficient (Wildman–Crippen LogP) is 8.32. The molecule has 0 bridgehead atoms. The van der Waals surface area contributed by atoms with Crippen LogP contribution in [0, 0.1) is 0 Å². The first-order valence-electron chi connectivity index (χ1n) is 10.6. The van der Waals surface area contributed by atoms with Gasteiger partial charge in [0.05, 0.1) is 0 Å². The van der Waals surface area contributed by atoms with Crippen molar-refractivity contribution in [3.8, 4) is 33.4 Å². The van der Waals surface area contributed by atoms with Crippen molar-refractivity contribution in [2.45, 2.75) is 0 Å². The van der Waals surface area contributed by atoms with Gasteiger partial charge in [0, 0.05) is 21.8 Å². The molecule has 0 aliphatic heterocycles. The molecule has 5 aromatic carbocycles. The number of rotatable bonds is 3. The Balaban J connectivity index is 1.30. The van der Waals surface area contributed by atoms with Crippen molar-refractivity contribution in [3.63, 3.8) is 0 Å². The van der Waals surface area contributed by atoms with Crippen LogP contribution in [0.3, 0.4) is 0 Å². The lowest BCUT2D eigenvalue weighted by Crippen LogP contribution is -1.82.